The van der Waals surface area contributed by atoms with Crippen molar-refractivity contribution in [1.82, 2.24) is 15.0 Å². The maximum absolute atomic E-state index is 13.0. The fraction of sp³-hybridized carbons (Fsp3) is 0. The van der Waals surface area contributed by atoms with Crippen molar-refractivity contribution < 1.29 is 8.78 Å². The topological polar surface area (TPSA) is 64.7 Å². The van der Waals surface area contributed by atoms with Gasteiger partial charge in [-0.15, -0.1) is 0 Å². The minimum Gasteiger partial charge on any atom is -0.368 e. The first-order chi connectivity index (χ1) is 7.56. The van der Waals surface area contributed by atoms with E-state index in [2.05, 4.69) is 15.0 Å². The molecule has 2 N–H and O–H groups in total. The number of rotatable bonds is 1. The highest BCUT2D eigenvalue weighted by Gasteiger charge is 2.08. The van der Waals surface area contributed by atoms with Crippen LogP contribution in [0.15, 0.2) is 18.2 Å². The summed E-state index contributed by atoms with van der Waals surface area (Å²) in [6.07, 6.45) is 0. The number of nitrogens with two attached hydrogens (primary N) is 1. The average molecular weight is 243 g/mol. The van der Waals surface area contributed by atoms with E-state index in [1.165, 1.54) is 6.07 Å². The van der Waals surface area contributed by atoms with Crippen LogP contribution >= 0.6 is 11.6 Å². The minimum absolute atomic E-state index is 0.0836. The Kier molecular flexibility index (Phi) is 2.66. The van der Waals surface area contributed by atoms with E-state index in [9.17, 15) is 8.78 Å². The van der Waals surface area contributed by atoms with E-state index in [4.69, 9.17) is 17.3 Å². The standard InChI is InChI=1S/C9H5ClF2N4/c10-8-14-7(15-9(13)16-8)4-1-2-5(11)6(12)3-4/h1-3H,(H2,13,14,15,16). The number of hydrogen-bond acceptors (Lipinski definition) is 4. The lowest BCUT2D eigenvalue weighted by Gasteiger charge is -2.01. The maximum Gasteiger partial charge on any atom is 0.227 e. The third kappa shape index (κ3) is 2.06. The zero-order chi connectivity index (χ0) is 11.7. The smallest absolute Gasteiger partial charge is 0.227 e. The summed E-state index contributed by atoms with van der Waals surface area (Å²) in [5, 5.41) is -0.104. The first-order valence-corrected chi connectivity index (χ1v) is 4.56. The summed E-state index contributed by atoms with van der Waals surface area (Å²) < 4.78 is 25.6. The van der Waals surface area contributed by atoms with Gasteiger partial charge in [0.2, 0.25) is 11.2 Å². The van der Waals surface area contributed by atoms with Crippen molar-refractivity contribution in [2.24, 2.45) is 0 Å². The highest BCUT2D eigenvalue weighted by molar-refractivity contribution is 6.28. The molecule has 0 saturated heterocycles. The number of aromatic nitrogens is 3. The van der Waals surface area contributed by atoms with Crippen LogP contribution in [-0.2, 0) is 0 Å². The predicted octanol–water partition coefficient (Wildman–Crippen LogP) is 2.05. The lowest BCUT2D eigenvalue weighted by Crippen LogP contribution is -2.00. The monoisotopic (exact) mass is 242 g/mol. The number of benzene rings is 1. The normalized spacial score (nSPS) is 10.4. The van der Waals surface area contributed by atoms with Crippen LogP contribution in [-0.4, -0.2) is 15.0 Å². The van der Waals surface area contributed by atoms with Crippen molar-refractivity contribution in [1.29, 1.82) is 0 Å². The molecule has 0 saturated carbocycles. The van der Waals surface area contributed by atoms with Crippen LogP contribution in [0.3, 0.4) is 0 Å². The van der Waals surface area contributed by atoms with Crippen molar-refractivity contribution in [3.63, 3.8) is 0 Å². The molecule has 0 bridgehead atoms. The molecule has 7 heteroatoms. The fourth-order valence-electron chi connectivity index (χ4n) is 1.13. The van der Waals surface area contributed by atoms with Crippen LogP contribution < -0.4 is 5.73 Å². The van der Waals surface area contributed by atoms with Gasteiger partial charge in [-0.1, -0.05) is 0 Å². The molecule has 0 radical (unpaired) electrons. The van der Waals surface area contributed by atoms with Crippen LogP contribution in [0.2, 0.25) is 5.28 Å². The molecule has 82 valence electrons. The number of halogens is 3. The lowest BCUT2D eigenvalue weighted by atomic mass is 10.2. The molecule has 0 aliphatic heterocycles. The summed E-state index contributed by atoms with van der Waals surface area (Å²) in [5.41, 5.74) is 5.62. The Labute approximate surface area is 94.1 Å². The molecule has 0 aliphatic rings. The largest absolute Gasteiger partial charge is 0.368 e. The number of nitrogens with zero attached hydrogens (tertiary/aromatic N) is 3. The van der Waals surface area contributed by atoms with Gasteiger partial charge in [0.15, 0.2) is 17.5 Å². The van der Waals surface area contributed by atoms with Crippen LogP contribution in [0.1, 0.15) is 0 Å². The molecular formula is C9H5ClF2N4. The zero-order valence-electron chi connectivity index (χ0n) is 7.78. The van der Waals surface area contributed by atoms with Crippen LogP contribution in [0.4, 0.5) is 14.7 Å². The zero-order valence-corrected chi connectivity index (χ0v) is 8.54. The Morgan fingerprint density at radius 2 is 1.81 bits per heavy atom. The Bertz CT molecular complexity index is 527. The number of anilines is 1. The van der Waals surface area contributed by atoms with E-state index in [0.717, 1.165) is 12.1 Å². The molecule has 2 rings (SSSR count). The summed E-state index contributed by atoms with van der Waals surface area (Å²) in [7, 11) is 0. The van der Waals surface area contributed by atoms with Gasteiger partial charge in [0.25, 0.3) is 0 Å². The Morgan fingerprint density at radius 3 is 2.44 bits per heavy atom. The first-order valence-electron chi connectivity index (χ1n) is 4.19. The second kappa shape index (κ2) is 3.97. The van der Waals surface area contributed by atoms with E-state index in [1.54, 1.807) is 0 Å². The second-order valence-corrected chi connectivity index (χ2v) is 3.25. The minimum atomic E-state index is -0.993. The summed E-state index contributed by atoms with van der Waals surface area (Å²) in [6.45, 7) is 0. The summed E-state index contributed by atoms with van der Waals surface area (Å²) in [4.78, 5) is 11.1. The third-order valence-electron chi connectivity index (χ3n) is 1.80. The molecule has 0 atom stereocenters. The number of hydrogen-bond donors (Lipinski definition) is 1. The Hall–Kier alpha value is -1.82. The number of nitrogen functional groups attached to an aromatic ring is 1. The van der Waals surface area contributed by atoms with Crippen molar-refractivity contribution in [2.45, 2.75) is 0 Å². The van der Waals surface area contributed by atoms with E-state index in [-0.39, 0.29) is 22.6 Å². The molecule has 2 aromatic rings. The van der Waals surface area contributed by atoms with Gasteiger partial charge in [-0.2, -0.15) is 15.0 Å². The summed E-state index contributed by atoms with van der Waals surface area (Å²) in [6, 6.07) is 3.25. The van der Waals surface area contributed by atoms with Gasteiger partial charge < -0.3 is 5.73 Å². The molecule has 0 unspecified atom stereocenters. The van der Waals surface area contributed by atoms with E-state index >= 15 is 0 Å². The van der Waals surface area contributed by atoms with Crippen LogP contribution in [0.25, 0.3) is 11.4 Å². The van der Waals surface area contributed by atoms with E-state index in [1.807, 2.05) is 0 Å². The molecule has 0 fully saturated rings. The van der Waals surface area contributed by atoms with Gasteiger partial charge >= 0.3 is 0 Å². The molecule has 0 spiro atoms. The second-order valence-electron chi connectivity index (χ2n) is 2.92. The maximum atomic E-state index is 13.0. The van der Waals surface area contributed by atoms with Crippen molar-refractivity contribution >= 4 is 17.5 Å². The van der Waals surface area contributed by atoms with Gasteiger partial charge in [0.1, 0.15) is 0 Å². The quantitative estimate of drug-likeness (QED) is 0.831. The van der Waals surface area contributed by atoms with Crippen molar-refractivity contribution in [3.8, 4) is 11.4 Å². The molecule has 1 aromatic heterocycles. The lowest BCUT2D eigenvalue weighted by molar-refractivity contribution is 0.509. The summed E-state index contributed by atoms with van der Waals surface area (Å²) in [5.74, 6) is -1.93. The highest BCUT2D eigenvalue weighted by atomic mass is 35.5. The molecule has 16 heavy (non-hydrogen) atoms. The van der Waals surface area contributed by atoms with E-state index in [0.29, 0.717) is 0 Å². The van der Waals surface area contributed by atoms with Gasteiger partial charge in [-0.25, -0.2) is 8.78 Å². The van der Waals surface area contributed by atoms with Crippen molar-refractivity contribution in [3.05, 3.63) is 35.1 Å². The van der Waals surface area contributed by atoms with E-state index < -0.39 is 11.6 Å². The fourth-order valence-corrected chi connectivity index (χ4v) is 1.30. The third-order valence-corrected chi connectivity index (χ3v) is 1.97. The first kappa shape index (κ1) is 10.7. The van der Waals surface area contributed by atoms with Gasteiger partial charge in [-0.3, -0.25) is 0 Å². The van der Waals surface area contributed by atoms with Gasteiger partial charge in [-0.05, 0) is 29.8 Å². The summed E-state index contributed by atoms with van der Waals surface area (Å²) >= 11 is 5.56. The molecule has 1 heterocycles. The Balaban J connectivity index is 2.54. The molecular weight excluding hydrogens is 238 g/mol. The van der Waals surface area contributed by atoms with Crippen molar-refractivity contribution in [2.75, 3.05) is 5.73 Å². The SMILES string of the molecule is Nc1nc(Cl)nc(-c2ccc(F)c(F)c2)n1. The van der Waals surface area contributed by atoms with Crippen LogP contribution in [0, 0.1) is 11.6 Å². The van der Waals surface area contributed by atoms with Gasteiger partial charge in [0.05, 0.1) is 0 Å². The molecule has 0 aliphatic carbocycles. The predicted molar refractivity (Wildman–Crippen MR) is 54.6 cm³/mol. The van der Waals surface area contributed by atoms with Crippen LogP contribution in [0.5, 0.6) is 0 Å². The Morgan fingerprint density at radius 1 is 1.06 bits per heavy atom. The highest BCUT2D eigenvalue weighted by Crippen LogP contribution is 2.19. The average Bonchev–Trinajstić information content (AvgIpc) is 2.20. The molecule has 1 aromatic carbocycles. The van der Waals surface area contributed by atoms with Gasteiger partial charge in [0, 0.05) is 5.56 Å². The molecule has 0 amide bonds. The molecule has 4 nitrogen and oxygen atoms in total.